The SMILES string of the molecule is Cc1cc(SCc2sccc2C#CCO)n(C)n1. The maximum atomic E-state index is 8.72. The van der Waals surface area contributed by atoms with E-state index in [0.717, 1.165) is 22.0 Å². The highest BCUT2D eigenvalue weighted by Crippen LogP contribution is 2.27. The zero-order valence-electron chi connectivity index (χ0n) is 10.3. The summed E-state index contributed by atoms with van der Waals surface area (Å²) >= 11 is 3.45. The highest BCUT2D eigenvalue weighted by atomic mass is 32.2. The Labute approximate surface area is 115 Å². The molecule has 0 aromatic carbocycles. The first-order valence-corrected chi connectivity index (χ1v) is 7.36. The monoisotopic (exact) mass is 278 g/mol. The van der Waals surface area contributed by atoms with E-state index in [-0.39, 0.29) is 6.61 Å². The van der Waals surface area contributed by atoms with Gasteiger partial charge in [-0.15, -0.1) is 23.1 Å². The van der Waals surface area contributed by atoms with E-state index < -0.39 is 0 Å². The number of thioether (sulfide) groups is 1. The van der Waals surface area contributed by atoms with Gasteiger partial charge in [-0.25, -0.2) is 0 Å². The normalized spacial score (nSPS) is 10.2. The minimum absolute atomic E-state index is 0.0939. The molecule has 2 rings (SSSR count). The average molecular weight is 278 g/mol. The number of aromatic nitrogens is 2. The molecular weight excluding hydrogens is 264 g/mol. The van der Waals surface area contributed by atoms with Gasteiger partial charge in [-0.05, 0) is 24.4 Å². The van der Waals surface area contributed by atoms with Crippen molar-refractivity contribution in [1.82, 2.24) is 9.78 Å². The van der Waals surface area contributed by atoms with Gasteiger partial charge in [-0.3, -0.25) is 4.68 Å². The predicted molar refractivity (Wildman–Crippen MR) is 75.8 cm³/mol. The summed E-state index contributed by atoms with van der Waals surface area (Å²) in [6.07, 6.45) is 0. The highest BCUT2D eigenvalue weighted by Gasteiger charge is 2.06. The highest BCUT2D eigenvalue weighted by molar-refractivity contribution is 7.98. The number of aryl methyl sites for hydroxylation is 2. The maximum Gasteiger partial charge on any atom is 0.104 e. The first-order valence-electron chi connectivity index (χ1n) is 5.50. The molecule has 0 saturated carbocycles. The molecule has 2 heterocycles. The van der Waals surface area contributed by atoms with E-state index in [2.05, 4.69) is 23.0 Å². The Morgan fingerprint density at radius 3 is 3.06 bits per heavy atom. The fraction of sp³-hybridized carbons (Fsp3) is 0.308. The molecule has 2 aromatic heterocycles. The van der Waals surface area contributed by atoms with Crippen LogP contribution in [0.1, 0.15) is 16.1 Å². The number of aliphatic hydroxyl groups excluding tert-OH is 1. The number of thiophene rings is 1. The minimum atomic E-state index is -0.0939. The van der Waals surface area contributed by atoms with Crippen LogP contribution in [0.15, 0.2) is 22.5 Å². The molecule has 5 heteroatoms. The predicted octanol–water partition coefficient (Wildman–Crippen LogP) is 2.43. The zero-order valence-corrected chi connectivity index (χ0v) is 11.9. The van der Waals surface area contributed by atoms with Crippen LogP contribution in [0.25, 0.3) is 0 Å². The third kappa shape index (κ3) is 3.16. The second kappa shape index (κ2) is 6.10. The molecule has 0 bridgehead atoms. The lowest BCUT2D eigenvalue weighted by Gasteiger charge is -2.00. The average Bonchev–Trinajstić information content (AvgIpc) is 2.90. The molecule has 18 heavy (non-hydrogen) atoms. The van der Waals surface area contributed by atoms with Gasteiger partial charge >= 0.3 is 0 Å². The number of rotatable bonds is 3. The Morgan fingerprint density at radius 1 is 1.56 bits per heavy atom. The summed E-state index contributed by atoms with van der Waals surface area (Å²) < 4.78 is 1.90. The molecule has 0 spiro atoms. The van der Waals surface area contributed by atoms with Gasteiger partial charge in [0.1, 0.15) is 6.61 Å². The first-order chi connectivity index (χ1) is 8.70. The van der Waals surface area contributed by atoms with E-state index in [1.54, 1.807) is 23.1 Å². The summed E-state index contributed by atoms with van der Waals surface area (Å²) in [6, 6.07) is 4.08. The van der Waals surface area contributed by atoms with Crippen LogP contribution in [0.3, 0.4) is 0 Å². The van der Waals surface area contributed by atoms with Crippen LogP contribution in [0.5, 0.6) is 0 Å². The maximum absolute atomic E-state index is 8.72. The molecule has 0 aliphatic heterocycles. The van der Waals surface area contributed by atoms with E-state index in [1.165, 1.54) is 4.88 Å². The van der Waals surface area contributed by atoms with Crippen LogP contribution in [0.4, 0.5) is 0 Å². The van der Waals surface area contributed by atoms with Crippen LogP contribution in [0.2, 0.25) is 0 Å². The molecule has 0 atom stereocenters. The Bertz CT molecular complexity index is 590. The zero-order chi connectivity index (χ0) is 13.0. The molecular formula is C13H14N2OS2. The summed E-state index contributed by atoms with van der Waals surface area (Å²) in [6.45, 7) is 1.90. The first kappa shape index (κ1) is 13.2. The molecule has 0 radical (unpaired) electrons. The van der Waals surface area contributed by atoms with Crippen molar-refractivity contribution < 1.29 is 5.11 Å². The Balaban J connectivity index is 2.06. The molecule has 0 amide bonds. The van der Waals surface area contributed by atoms with Crippen LogP contribution < -0.4 is 0 Å². The van der Waals surface area contributed by atoms with Crippen LogP contribution in [-0.4, -0.2) is 21.5 Å². The van der Waals surface area contributed by atoms with Crippen LogP contribution in [0, 0.1) is 18.8 Å². The molecule has 1 N–H and O–H groups in total. The van der Waals surface area contributed by atoms with Crippen molar-refractivity contribution in [2.24, 2.45) is 7.05 Å². The van der Waals surface area contributed by atoms with Crippen molar-refractivity contribution in [1.29, 1.82) is 0 Å². The number of nitrogens with zero attached hydrogens (tertiary/aromatic N) is 2. The quantitative estimate of drug-likeness (QED) is 0.692. The van der Waals surface area contributed by atoms with Crippen molar-refractivity contribution in [2.75, 3.05) is 6.61 Å². The third-order valence-electron chi connectivity index (χ3n) is 2.36. The summed E-state index contributed by atoms with van der Waals surface area (Å²) in [5.74, 6) is 6.54. The van der Waals surface area contributed by atoms with Crippen LogP contribution >= 0.6 is 23.1 Å². The lowest BCUT2D eigenvalue weighted by molar-refractivity contribution is 0.350. The number of hydrogen-bond donors (Lipinski definition) is 1. The van der Waals surface area contributed by atoms with Crippen molar-refractivity contribution in [3.8, 4) is 11.8 Å². The molecule has 0 fully saturated rings. The Hall–Kier alpha value is -1.22. The van der Waals surface area contributed by atoms with E-state index in [1.807, 2.05) is 30.1 Å². The lowest BCUT2D eigenvalue weighted by atomic mass is 10.3. The van der Waals surface area contributed by atoms with E-state index >= 15 is 0 Å². The van der Waals surface area contributed by atoms with Gasteiger partial charge < -0.3 is 5.11 Å². The Morgan fingerprint density at radius 2 is 2.39 bits per heavy atom. The minimum Gasteiger partial charge on any atom is -0.384 e. The van der Waals surface area contributed by atoms with Crippen molar-refractivity contribution in [3.63, 3.8) is 0 Å². The summed E-state index contributed by atoms with van der Waals surface area (Å²) in [7, 11) is 1.95. The molecule has 0 unspecified atom stereocenters. The van der Waals surface area contributed by atoms with Gasteiger partial charge in [0.15, 0.2) is 0 Å². The van der Waals surface area contributed by atoms with Gasteiger partial charge in [0.05, 0.1) is 10.7 Å². The summed E-state index contributed by atoms with van der Waals surface area (Å²) in [4.78, 5) is 1.24. The fourth-order valence-corrected chi connectivity index (χ4v) is 3.54. The van der Waals surface area contributed by atoms with E-state index in [9.17, 15) is 0 Å². The molecule has 0 saturated heterocycles. The van der Waals surface area contributed by atoms with Gasteiger partial charge in [0.25, 0.3) is 0 Å². The van der Waals surface area contributed by atoms with Gasteiger partial charge in [0, 0.05) is 23.2 Å². The second-order valence-electron chi connectivity index (χ2n) is 3.75. The number of hydrogen-bond acceptors (Lipinski definition) is 4. The summed E-state index contributed by atoms with van der Waals surface area (Å²) in [5, 5.41) is 16.2. The smallest absolute Gasteiger partial charge is 0.104 e. The molecule has 0 aliphatic rings. The standard InChI is InChI=1S/C13H14N2OS2/c1-10-8-13(15(2)14-10)18-9-12-11(4-3-6-16)5-7-17-12/h5,7-8,16H,6,9H2,1-2H3. The lowest BCUT2D eigenvalue weighted by Crippen LogP contribution is -1.92. The van der Waals surface area contributed by atoms with E-state index in [4.69, 9.17) is 5.11 Å². The molecule has 3 nitrogen and oxygen atoms in total. The van der Waals surface area contributed by atoms with E-state index in [0.29, 0.717) is 0 Å². The second-order valence-corrected chi connectivity index (χ2v) is 5.75. The topological polar surface area (TPSA) is 38.0 Å². The van der Waals surface area contributed by atoms with Crippen LogP contribution in [-0.2, 0) is 12.8 Å². The molecule has 0 aliphatic carbocycles. The van der Waals surface area contributed by atoms with Crippen molar-refractivity contribution in [3.05, 3.63) is 33.6 Å². The molecule has 2 aromatic rings. The largest absolute Gasteiger partial charge is 0.384 e. The third-order valence-corrected chi connectivity index (χ3v) is 4.57. The van der Waals surface area contributed by atoms with Gasteiger partial charge in [-0.2, -0.15) is 5.10 Å². The summed E-state index contributed by atoms with van der Waals surface area (Å²) in [5.41, 5.74) is 2.05. The number of aliphatic hydroxyl groups is 1. The van der Waals surface area contributed by atoms with Crippen molar-refractivity contribution >= 4 is 23.1 Å². The van der Waals surface area contributed by atoms with Crippen molar-refractivity contribution in [2.45, 2.75) is 17.7 Å². The molecule has 94 valence electrons. The van der Waals surface area contributed by atoms with Gasteiger partial charge in [0.2, 0.25) is 0 Å². The fourth-order valence-electron chi connectivity index (χ4n) is 1.56. The Kier molecular flexibility index (Phi) is 4.48. The van der Waals surface area contributed by atoms with Gasteiger partial charge in [-0.1, -0.05) is 11.8 Å².